The predicted octanol–water partition coefficient (Wildman–Crippen LogP) is 4.57. The summed E-state index contributed by atoms with van der Waals surface area (Å²) in [4.78, 5) is 5.63. The summed E-state index contributed by atoms with van der Waals surface area (Å²) in [5.41, 5.74) is 10.5. The van der Waals surface area contributed by atoms with E-state index in [-0.39, 0.29) is 24.0 Å². The van der Waals surface area contributed by atoms with Crippen molar-refractivity contribution < 1.29 is 0 Å². The molecule has 3 N–H and O–H groups in total. The number of aryl methyl sites for hydroxylation is 2. The van der Waals surface area contributed by atoms with Gasteiger partial charge >= 0.3 is 0 Å². The highest BCUT2D eigenvalue weighted by molar-refractivity contribution is 14.0. The molecule has 0 saturated carbocycles. The van der Waals surface area contributed by atoms with Crippen LogP contribution in [0.1, 0.15) is 16.7 Å². The molecule has 118 valence electrons. The standard InChI is InChI=1S/C17H21N3S.HI/c1-12-8-13(2)10-15(9-12)20-17(18)19-11-14-4-6-16(21-3)7-5-14;/h4-10H,11H2,1-3H3,(H3,18,19,20);1H. The van der Waals surface area contributed by atoms with Crippen LogP contribution in [0.5, 0.6) is 0 Å². The molecule has 3 nitrogen and oxygen atoms in total. The Hall–Kier alpha value is -1.21. The number of hydrogen-bond donors (Lipinski definition) is 2. The molecule has 0 aromatic heterocycles. The number of thioether (sulfide) groups is 1. The molecule has 2 rings (SSSR count). The Kier molecular flexibility index (Phi) is 7.75. The number of nitrogens with two attached hydrogens (primary N) is 1. The molecule has 5 heteroatoms. The summed E-state index contributed by atoms with van der Waals surface area (Å²) < 4.78 is 0. The van der Waals surface area contributed by atoms with Gasteiger partial charge in [-0.25, -0.2) is 4.99 Å². The average molecular weight is 427 g/mol. The second-order valence-electron chi connectivity index (χ2n) is 5.05. The highest BCUT2D eigenvalue weighted by Gasteiger charge is 1.98. The lowest BCUT2D eigenvalue weighted by Crippen LogP contribution is -2.22. The molecular formula is C17H22IN3S. The van der Waals surface area contributed by atoms with Crippen LogP contribution in [-0.2, 0) is 6.54 Å². The summed E-state index contributed by atoms with van der Waals surface area (Å²) in [6.45, 7) is 4.72. The van der Waals surface area contributed by atoms with Crippen molar-refractivity contribution in [3.63, 3.8) is 0 Å². The second-order valence-corrected chi connectivity index (χ2v) is 5.93. The van der Waals surface area contributed by atoms with Crippen LogP contribution in [0.3, 0.4) is 0 Å². The summed E-state index contributed by atoms with van der Waals surface area (Å²) in [6.07, 6.45) is 2.07. The molecule has 0 bridgehead atoms. The zero-order valence-corrected chi connectivity index (χ0v) is 16.2. The molecule has 0 heterocycles. The second kappa shape index (κ2) is 9.05. The Morgan fingerprint density at radius 1 is 1.09 bits per heavy atom. The van der Waals surface area contributed by atoms with Crippen molar-refractivity contribution in [3.05, 3.63) is 59.2 Å². The highest BCUT2D eigenvalue weighted by atomic mass is 127. The molecule has 0 radical (unpaired) electrons. The SMILES string of the molecule is CSc1ccc(CN=C(N)Nc2cc(C)cc(C)c2)cc1.I. The lowest BCUT2D eigenvalue weighted by Gasteiger charge is -2.08. The van der Waals surface area contributed by atoms with E-state index in [1.54, 1.807) is 11.8 Å². The maximum Gasteiger partial charge on any atom is 0.193 e. The quantitative estimate of drug-likeness (QED) is 0.325. The lowest BCUT2D eigenvalue weighted by molar-refractivity contribution is 1.05. The number of aliphatic imine (C=N–C) groups is 1. The van der Waals surface area contributed by atoms with Crippen LogP contribution >= 0.6 is 35.7 Å². The third kappa shape index (κ3) is 5.88. The van der Waals surface area contributed by atoms with Gasteiger partial charge in [-0.1, -0.05) is 18.2 Å². The highest BCUT2D eigenvalue weighted by Crippen LogP contribution is 2.16. The Balaban J connectivity index is 0.00000242. The molecule has 2 aromatic carbocycles. The van der Waals surface area contributed by atoms with Gasteiger partial charge in [0.05, 0.1) is 6.54 Å². The molecular weight excluding hydrogens is 405 g/mol. The van der Waals surface area contributed by atoms with Crippen LogP contribution in [0.2, 0.25) is 0 Å². The van der Waals surface area contributed by atoms with E-state index in [1.807, 2.05) is 0 Å². The van der Waals surface area contributed by atoms with Gasteiger partial charge in [0.25, 0.3) is 0 Å². The maximum atomic E-state index is 5.94. The van der Waals surface area contributed by atoms with E-state index < -0.39 is 0 Å². The summed E-state index contributed by atoms with van der Waals surface area (Å²) in [5, 5.41) is 3.14. The fourth-order valence-corrected chi connectivity index (χ4v) is 2.55. The fraction of sp³-hybridized carbons (Fsp3) is 0.235. The molecule has 0 saturated heterocycles. The fourth-order valence-electron chi connectivity index (χ4n) is 2.14. The van der Waals surface area contributed by atoms with Gasteiger partial charge in [0.2, 0.25) is 0 Å². The minimum Gasteiger partial charge on any atom is -0.370 e. The number of anilines is 1. The third-order valence-corrected chi connectivity index (χ3v) is 3.83. The molecule has 0 aliphatic heterocycles. The number of hydrogen-bond acceptors (Lipinski definition) is 2. The third-order valence-electron chi connectivity index (χ3n) is 3.09. The van der Waals surface area contributed by atoms with Crippen molar-refractivity contribution >= 4 is 47.4 Å². The van der Waals surface area contributed by atoms with Crippen LogP contribution in [-0.4, -0.2) is 12.2 Å². The van der Waals surface area contributed by atoms with E-state index in [0.29, 0.717) is 12.5 Å². The molecule has 0 aliphatic rings. The van der Waals surface area contributed by atoms with Gasteiger partial charge in [-0.05, 0) is 61.1 Å². The Morgan fingerprint density at radius 3 is 2.23 bits per heavy atom. The molecule has 0 amide bonds. The van der Waals surface area contributed by atoms with E-state index in [0.717, 1.165) is 11.3 Å². The normalized spacial score (nSPS) is 11.0. The van der Waals surface area contributed by atoms with Gasteiger partial charge in [-0.3, -0.25) is 0 Å². The molecule has 0 fully saturated rings. The van der Waals surface area contributed by atoms with E-state index >= 15 is 0 Å². The minimum absolute atomic E-state index is 0. The van der Waals surface area contributed by atoms with Crippen molar-refractivity contribution in [2.75, 3.05) is 11.6 Å². The first-order valence-corrected chi connectivity index (χ1v) is 8.07. The molecule has 0 aliphatic carbocycles. The van der Waals surface area contributed by atoms with Gasteiger partial charge < -0.3 is 11.1 Å². The van der Waals surface area contributed by atoms with E-state index in [2.05, 4.69) is 72.9 Å². The van der Waals surface area contributed by atoms with Crippen LogP contribution in [0.4, 0.5) is 5.69 Å². The summed E-state index contributed by atoms with van der Waals surface area (Å²) in [5.74, 6) is 0.439. The van der Waals surface area contributed by atoms with Crippen molar-refractivity contribution in [1.29, 1.82) is 0 Å². The van der Waals surface area contributed by atoms with E-state index in [4.69, 9.17) is 5.73 Å². The first-order valence-electron chi connectivity index (χ1n) is 6.85. The van der Waals surface area contributed by atoms with Gasteiger partial charge in [0.1, 0.15) is 0 Å². The Morgan fingerprint density at radius 2 is 1.68 bits per heavy atom. The van der Waals surface area contributed by atoms with Crippen molar-refractivity contribution in [3.8, 4) is 0 Å². The van der Waals surface area contributed by atoms with Crippen molar-refractivity contribution in [2.45, 2.75) is 25.3 Å². The van der Waals surface area contributed by atoms with Gasteiger partial charge in [0, 0.05) is 10.6 Å². The topological polar surface area (TPSA) is 50.4 Å². The zero-order valence-electron chi connectivity index (χ0n) is 13.1. The number of rotatable bonds is 4. The van der Waals surface area contributed by atoms with Crippen LogP contribution in [0, 0.1) is 13.8 Å². The first kappa shape index (κ1) is 18.8. The Labute approximate surface area is 153 Å². The van der Waals surface area contributed by atoms with E-state index in [9.17, 15) is 0 Å². The summed E-state index contributed by atoms with van der Waals surface area (Å²) >= 11 is 1.73. The van der Waals surface area contributed by atoms with Crippen molar-refractivity contribution in [1.82, 2.24) is 0 Å². The number of nitrogens with one attached hydrogen (secondary N) is 1. The van der Waals surface area contributed by atoms with Gasteiger partial charge in [0.15, 0.2) is 5.96 Å². The van der Waals surface area contributed by atoms with Gasteiger partial charge in [-0.2, -0.15) is 0 Å². The largest absolute Gasteiger partial charge is 0.370 e. The van der Waals surface area contributed by atoms with Crippen LogP contribution in [0.15, 0.2) is 52.4 Å². The molecule has 2 aromatic rings. The monoisotopic (exact) mass is 427 g/mol. The molecule has 22 heavy (non-hydrogen) atoms. The summed E-state index contributed by atoms with van der Waals surface area (Å²) in [7, 11) is 0. The van der Waals surface area contributed by atoms with Crippen LogP contribution in [0.25, 0.3) is 0 Å². The maximum absolute atomic E-state index is 5.94. The molecule has 0 spiro atoms. The first-order chi connectivity index (χ1) is 10.1. The number of nitrogens with zero attached hydrogens (tertiary/aromatic N) is 1. The average Bonchev–Trinajstić information content (AvgIpc) is 2.44. The van der Waals surface area contributed by atoms with E-state index in [1.165, 1.54) is 16.0 Å². The summed E-state index contributed by atoms with van der Waals surface area (Å²) in [6, 6.07) is 14.6. The molecule has 0 unspecified atom stereocenters. The zero-order chi connectivity index (χ0) is 15.2. The molecule has 0 atom stereocenters. The predicted molar refractivity (Wildman–Crippen MR) is 109 cm³/mol. The number of halogens is 1. The van der Waals surface area contributed by atoms with Gasteiger partial charge in [-0.15, -0.1) is 35.7 Å². The minimum atomic E-state index is 0. The lowest BCUT2D eigenvalue weighted by atomic mass is 10.1. The van der Waals surface area contributed by atoms with Crippen LogP contribution < -0.4 is 11.1 Å². The number of guanidine groups is 1. The number of benzene rings is 2. The Bertz CT molecular complexity index is 619. The van der Waals surface area contributed by atoms with Crippen molar-refractivity contribution in [2.24, 2.45) is 10.7 Å². The smallest absolute Gasteiger partial charge is 0.193 e.